The molecule has 0 spiro atoms. The fourth-order valence-electron chi connectivity index (χ4n) is 2.41. The lowest BCUT2D eigenvalue weighted by molar-refractivity contribution is 0.0943. The Morgan fingerprint density at radius 3 is 3.00 bits per heavy atom. The fourth-order valence-corrected chi connectivity index (χ4v) is 2.63. The van der Waals surface area contributed by atoms with Crippen LogP contribution in [0.4, 0.5) is 0 Å². The number of carbonyl (C=O) groups is 1. The number of para-hydroxylation sites is 1. The van der Waals surface area contributed by atoms with Gasteiger partial charge in [0.05, 0.1) is 16.6 Å². The van der Waals surface area contributed by atoms with Crippen molar-refractivity contribution in [2.75, 3.05) is 6.54 Å². The summed E-state index contributed by atoms with van der Waals surface area (Å²) in [7, 11) is 0. The highest BCUT2D eigenvalue weighted by molar-refractivity contribution is 6.35. The number of hydrogen-bond acceptors (Lipinski definition) is 3. The van der Waals surface area contributed by atoms with E-state index in [1.165, 1.54) is 6.33 Å². The number of nitrogens with one attached hydrogen (secondary N) is 2. The number of aromatic nitrogens is 4. The number of halogens is 1. The number of amides is 1. The SMILES string of the molecule is Cc1c(C(=O)NC[C@H](C)n2cncn2)[nH]c2c(Cl)cccc12. The Labute approximate surface area is 132 Å². The van der Waals surface area contributed by atoms with E-state index in [9.17, 15) is 4.79 Å². The molecule has 0 radical (unpaired) electrons. The van der Waals surface area contributed by atoms with Crippen molar-refractivity contribution in [2.45, 2.75) is 19.9 Å². The molecule has 7 heteroatoms. The van der Waals surface area contributed by atoms with Gasteiger partial charge >= 0.3 is 0 Å². The van der Waals surface area contributed by atoms with Crippen LogP contribution in [-0.2, 0) is 0 Å². The molecule has 114 valence electrons. The summed E-state index contributed by atoms with van der Waals surface area (Å²) < 4.78 is 1.70. The summed E-state index contributed by atoms with van der Waals surface area (Å²) in [6.45, 7) is 4.33. The van der Waals surface area contributed by atoms with Gasteiger partial charge in [-0.1, -0.05) is 23.7 Å². The van der Waals surface area contributed by atoms with Gasteiger partial charge in [0, 0.05) is 11.9 Å². The number of fused-ring (bicyclic) bond motifs is 1. The molecule has 0 saturated heterocycles. The van der Waals surface area contributed by atoms with E-state index in [-0.39, 0.29) is 11.9 Å². The van der Waals surface area contributed by atoms with Crippen molar-refractivity contribution in [1.82, 2.24) is 25.1 Å². The van der Waals surface area contributed by atoms with Crippen molar-refractivity contribution in [3.05, 3.63) is 47.1 Å². The minimum Gasteiger partial charge on any atom is -0.349 e. The molecule has 0 aliphatic carbocycles. The van der Waals surface area contributed by atoms with E-state index in [1.807, 2.05) is 26.0 Å². The van der Waals surface area contributed by atoms with Gasteiger partial charge in [0.15, 0.2) is 0 Å². The van der Waals surface area contributed by atoms with Crippen LogP contribution in [-0.4, -0.2) is 32.2 Å². The molecular weight excluding hydrogens is 302 g/mol. The number of carbonyl (C=O) groups excluding carboxylic acids is 1. The molecule has 3 aromatic rings. The summed E-state index contributed by atoms with van der Waals surface area (Å²) in [4.78, 5) is 19.4. The molecule has 22 heavy (non-hydrogen) atoms. The molecule has 6 nitrogen and oxygen atoms in total. The first-order chi connectivity index (χ1) is 10.6. The average Bonchev–Trinajstić information content (AvgIpc) is 3.14. The molecule has 0 aliphatic rings. The largest absolute Gasteiger partial charge is 0.349 e. The Bertz CT molecular complexity index is 809. The highest BCUT2D eigenvalue weighted by Crippen LogP contribution is 2.27. The average molecular weight is 318 g/mol. The van der Waals surface area contributed by atoms with Gasteiger partial charge in [0.1, 0.15) is 18.3 Å². The van der Waals surface area contributed by atoms with Gasteiger partial charge in [-0.3, -0.25) is 4.79 Å². The third-order valence-electron chi connectivity index (χ3n) is 3.72. The van der Waals surface area contributed by atoms with Crippen LogP contribution in [0, 0.1) is 6.92 Å². The van der Waals surface area contributed by atoms with Crippen LogP contribution in [0.15, 0.2) is 30.9 Å². The van der Waals surface area contributed by atoms with Crippen LogP contribution in [0.5, 0.6) is 0 Å². The molecule has 1 amide bonds. The molecule has 0 bridgehead atoms. The first-order valence-corrected chi connectivity index (χ1v) is 7.35. The van der Waals surface area contributed by atoms with Crippen LogP contribution < -0.4 is 5.32 Å². The van der Waals surface area contributed by atoms with Crippen molar-refractivity contribution < 1.29 is 4.79 Å². The monoisotopic (exact) mass is 317 g/mol. The Hall–Kier alpha value is -2.34. The van der Waals surface area contributed by atoms with Crippen LogP contribution >= 0.6 is 11.6 Å². The normalized spacial score (nSPS) is 12.5. The molecule has 1 aromatic carbocycles. The maximum atomic E-state index is 12.4. The van der Waals surface area contributed by atoms with Crippen LogP contribution in [0.3, 0.4) is 0 Å². The topological polar surface area (TPSA) is 75.6 Å². The molecule has 2 aromatic heterocycles. The second-order valence-electron chi connectivity index (χ2n) is 5.22. The number of nitrogens with zero attached hydrogens (tertiary/aromatic N) is 3. The molecule has 0 saturated carbocycles. The van der Waals surface area contributed by atoms with Gasteiger partial charge in [-0.15, -0.1) is 0 Å². The second-order valence-corrected chi connectivity index (χ2v) is 5.63. The molecule has 2 heterocycles. The highest BCUT2D eigenvalue weighted by atomic mass is 35.5. The number of H-pyrrole nitrogens is 1. The lowest BCUT2D eigenvalue weighted by atomic mass is 10.1. The van der Waals surface area contributed by atoms with Crippen molar-refractivity contribution >= 4 is 28.4 Å². The number of rotatable bonds is 4. The minimum atomic E-state index is -0.156. The Kier molecular flexibility index (Phi) is 3.85. The Balaban J connectivity index is 1.78. The van der Waals surface area contributed by atoms with Gasteiger partial charge < -0.3 is 10.3 Å². The Morgan fingerprint density at radius 1 is 1.50 bits per heavy atom. The standard InChI is InChI=1S/C15H16ClN5O/c1-9(21-8-17-7-19-21)6-18-15(22)13-10(2)11-4-3-5-12(16)14(11)20-13/h3-5,7-9,20H,6H2,1-2H3,(H,18,22)/t9-/m0/s1. The number of hydrogen-bond donors (Lipinski definition) is 2. The number of aromatic amines is 1. The van der Waals surface area contributed by atoms with E-state index in [1.54, 1.807) is 17.1 Å². The van der Waals surface area contributed by atoms with Gasteiger partial charge in [-0.05, 0) is 25.5 Å². The van der Waals surface area contributed by atoms with Crippen LogP contribution in [0.25, 0.3) is 10.9 Å². The smallest absolute Gasteiger partial charge is 0.268 e. The van der Waals surface area contributed by atoms with E-state index in [0.717, 1.165) is 16.5 Å². The lowest BCUT2D eigenvalue weighted by Gasteiger charge is -2.12. The van der Waals surface area contributed by atoms with Crippen LogP contribution in [0.2, 0.25) is 5.02 Å². The maximum Gasteiger partial charge on any atom is 0.268 e. The summed E-state index contributed by atoms with van der Waals surface area (Å²) in [5.41, 5.74) is 2.22. The highest BCUT2D eigenvalue weighted by Gasteiger charge is 2.16. The van der Waals surface area contributed by atoms with E-state index in [2.05, 4.69) is 20.4 Å². The molecular formula is C15H16ClN5O. The summed E-state index contributed by atoms with van der Waals surface area (Å²) in [5.74, 6) is -0.156. The van der Waals surface area contributed by atoms with E-state index >= 15 is 0 Å². The van der Waals surface area contributed by atoms with Gasteiger partial charge in [-0.25, -0.2) is 9.67 Å². The third-order valence-corrected chi connectivity index (χ3v) is 4.03. The Morgan fingerprint density at radius 2 is 2.32 bits per heavy atom. The summed E-state index contributed by atoms with van der Waals surface area (Å²) >= 11 is 6.16. The summed E-state index contributed by atoms with van der Waals surface area (Å²) in [6, 6.07) is 5.65. The van der Waals surface area contributed by atoms with Crippen molar-refractivity contribution in [1.29, 1.82) is 0 Å². The number of aryl methyl sites for hydroxylation is 1. The summed E-state index contributed by atoms with van der Waals surface area (Å²) in [6.07, 6.45) is 3.10. The summed E-state index contributed by atoms with van der Waals surface area (Å²) in [5, 5.41) is 8.53. The molecule has 0 fully saturated rings. The predicted molar refractivity (Wildman–Crippen MR) is 85.1 cm³/mol. The second kappa shape index (κ2) is 5.81. The third kappa shape index (κ3) is 2.57. The van der Waals surface area contributed by atoms with E-state index in [0.29, 0.717) is 17.3 Å². The van der Waals surface area contributed by atoms with Crippen molar-refractivity contribution in [3.63, 3.8) is 0 Å². The fraction of sp³-hybridized carbons (Fsp3) is 0.267. The van der Waals surface area contributed by atoms with Crippen molar-refractivity contribution in [2.24, 2.45) is 0 Å². The maximum absolute atomic E-state index is 12.4. The zero-order chi connectivity index (χ0) is 15.7. The van der Waals surface area contributed by atoms with Gasteiger partial charge in [0.25, 0.3) is 5.91 Å². The first-order valence-electron chi connectivity index (χ1n) is 6.97. The van der Waals surface area contributed by atoms with Crippen LogP contribution in [0.1, 0.15) is 29.0 Å². The minimum absolute atomic E-state index is 0.0275. The predicted octanol–water partition coefficient (Wildman–Crippen LogP) is 2.71. The quantitative estimate of drug-likeness (QED) is 0.777. The first kappa shape index (κ1) is 14.6. The van der Waals surface area contributed by atoms with E-state index in [4.69, 9.17) is 11.6 Å². The number of benzene rings is 1. The zero-order valence-corrected chi connectivity index (χ0v) is 13.1. The molecule has 0 aliphatic heterocycles. The lowest BCUT2D eigenvalue weighted by Crippen LogP contribution is -2.30. The zero-order valence-electron chi connectivity index (χ0n) is 12.3. The molecule has 0 unspecified atom stereocenters. The molecule has 3 rings (SSSR count). The van der Waals surface area contributed by atoms with Gasteiger partial charge in [0.2, 0.25) is 0 Å². The van der Waals surface area contributed by atoms with Crippen molar-refractivity contribution in [3.8, 4) is 0 Å². The van der Waals surface area contributed by atoms with Gasteiger partial charge in [-0.2, -0.15) is 5.10 Å². The molecule has 2 N–H and O–H groups in total. The molecule has 1 atom stereocenters. The van der Waals surface area contributed by atoms with E-state index < -0.39 is 0 Å².